The number of halogens is 3. The lowest BCUT2D eigenvalue weighted by Crippen LogP contribution is -2.55. The van der Waals surface area contributed by atoms with Crippen molar-refractivity contribution in [2.24, 2.45) is 0 Å². The van der Waals surface area contributed by atoms with Gasteiger partial charge in [-0.3, -0.25) is 13.9 Å². The Labute approximate surface area is 309 Å². The van der Waals surface area contributed by atoms with Crippen LogP contribution in [0, 0.1) is 0 Å². The first kappa shape index (κ1) is 37.5. The number of hydrogen-bond donors (Lipinski definition) is 1. The van der Waals surface area contributed by atoms with Crippen molar-refractivity contribution in [1.29, 1.82) is 0 Å². The Morgan fingerprint density at radius 2 is 1.48 bits per heavy atom. The summed E-state index contributed by atoms with van der Waals surface area (Å²) in [6.45, 7) is 1.25. The molecule has 0 unspecified atom stereocenters. The maximum Gasteiger partial charge on any atom is 0.264 e. The van der Waals surface area contributed by atoms with E-state index in [9.17, 15) is 18.0 Å². The van der Waals surface area contributed by atoms with Gasteiger partial charge in [0.15, 0.2) is 0 Å². The Bertz CT molecular complexity index is 1850. The van der Waals surface area contributed by atoms with E-state index in [2.05, 4.69) is 5.32 Å². The summed E-state index contributed by atoms with van der Waals surface area (Å²) in [4.78, 5) is 30.5. The molecule has 0 aromatic heterocycles. The molecule has 1 N–H and O–H groups in total. The van der Waals surface area contributed by atoms with E-state index < -0.39 is 28.5 Å². The first-order chi connectivity index (χ1) is 24.1. The molecule has 4 aromatic rings. The highest BCUT2D eigenvalue weighted by Crippen LogP contribution is 2.34. The van der Waals surface area contributed by atoms with E-state index in [0.29, 0.717) is 20.6 Å². The van der Waals surface area contributed by atoms with E-state index in [0.717, 1.165) is 42.0 Å². The van der Waals surface area contributed by atoms with Crippen molar-refractivity contribution in [2.45, 2.75) is 69.0 Å². The van der Waals surface area contributed by atoms with Gasteiger partial charge in [0.1, 0.15) is 18.3 Å². The summed E-state index contributed by atoms with van der Waals surface area (Å²) < 4.78 is 35.7. The molecule has 0 radical (unpaired) electrons. The summed E-state index contributed by atoms with van der Waals surface area (Å²) in [5.74, 6) is -0.694. The van der Waals surface area contributed by atoms with Crippen molar-refractivity contribution >= 4 is 62.3 Å². The van der Waals surface area contributed by atoms with E-state index in [-0.39, 0.29) is 47.9 Å². The molecule has 50 heavy (non-hydrogen) atoms. The smallest absolute Gasteiger partial charge is 0.264 e. The average molecular weight is 757 g/mol. The van der Waals surface area contributed by atoms with Crippen molar-refractivity contribution in [3.8, 4) is 5.75 Å². The lowest BCUT2D eigenvalue weighted by molar-refractivity contribution is -0.140. The molecular formula is C38H40Cl3N3O5S. The zero-order valence-electron chi connectivity index (χ0n) is 27.7. The van der Waals surface area contributed by atoms with Crippen LogP contribution in [0.3, 0.4) is 0 Å². The summed E-state index contributed by atoms with van der Waals surface area (Å²) in [5, 5.41) is 4.18. The number of nitrogens with zero attached hydrogens (tertiary/aromatic N) is 2. The maximum absolute atomic E-state index is 14.9. The van der Waals surface area contributed by atoms with Crippen molar-refractivity contribution in [3.63, 3.8) is 0 Å². The van der Waals surface area contributed by atoms with Gasteiger partial charge in [-0.15, -0.1) is 0 Å². The van der Waals surface area contributed by atoms with Gasteiger partial charge in [-0.05, 0) is 73.9 Å². The molecule has 4 aromatic carbocycles. The summed E-state index contributed by atoms with van der Waals surface area (Å²) in [7, 11) is -4.36. The molecule has 0 bridgehead atoms. The predicted molar refractivity (Wildman–Crippen MR) is 200 cm³/mol. The number of benzene rings is 4. The van der Waals surface area contributed by atoms with E-state index in [1.165, 1.54) is 29.2 Å². The van der Waals surface area contributed by atoms with Crippen molar-refractivity contribution in [2.75, 3.05) is 17.5 Å². The normalized spacial score (nSPS) is 14.1. The van der Waals surface area contributed by atoms with Crippen LogP contribution in [0.5, 0.6) is 5.75 Å². The number of sulfonamides is 1. The average Bonchev–Trinajstić information content (AvgIpc) is 3.11. The number of nitrogens with one attached hydrogen (secondary N) is 1. The van der Waals surface area contributed by atoms with Gasteiger partial charge in [-0.2, -0.15) is 0 Å². The second-order valence-corrected chi connectivity index (χ2v) is 15.3. The van der Waals surface area contributed by atoms with Crippen LogP contribution in [0.2, 0.25) is 15.1 Å². The standard InChI is InChI=1S/C38H40Cl3N3O5S/c1-2-49-36-19-10-9-18-34(36)44(50(47,48)30-22-20-28(39)21-23-30)26-37(45)43(25-31-32(40)16-11-17-33(31)41)35(24-27-12-5-3-6-13-27)38(46)42-29-14-7-4-8-15-29/h3,5-6,9-13,16-23,29,35H,2,4,7-8,14-15,24-26H2,1H3,(H,42,46)/t35-/m1/s1. The number of anilines is 1. The Kier molecular flexibility index (Phi) is 13.1. The topological polar surface area (TPSA) is 96.0 Å². The first-order valence-corrected chi connectivity index (χ1v) is 19.2. The highest BCUT2D eigenvalue weighted by Gasteiger charge is 2.36. The minimum absolute atomic E-state index is 0.0322. The molecule has 1 fully saturated rings. The molecule has 0 saturated heterocycles. The van der Waals surface area contributed by atoms with Crippen LogP contribution < -0.4 is 14.4 Å². The van der Waals surface area contributed by atoms with E-state index in [4.69, 9.17) is 39.5 Å². The molecule has 12 heteroatoms. The molecule has 264 valence electrons. The van der Waals surface area contributed by atoms with Gasteiger partial charge in [-0.25, -0.2) is 8.42 Å². The highest BCUT2D eigenvalue weighted by atomic mass is 35.5. The van der Waals surface area contributed by atoms with E-state index in [1.54, 1.807) is 49.4 Å². The number of rotatable bonds is 14. The van der Waals surface area contributed by atoms with Crippen molar-refractivity contribution < 1.29 is 22.7 Å². The zero-order valence-corrected chi connectivity index (χ0v) is 30.8. The molecule has 5 rings (SSSR count). The number of ether oxygens (including phenoxy) is 1. The van der Waals surface area contributed by atoms with Crippen LogP contribution in [0.1, 0.15) is 50.2 Å². The van der Waals surface area contributed by atoms with Gasteiger partial charge in [0, 0.05) is 39.6 Å². The van der Waals surface area contributed by atoms with Crippen LogP contribution >= 0.6 is 34.8 Å². The lowest BCUT2D eigenvalue weighted by Gasteiger charge is -2.35. The number of carbonyl (C=O) groups excluding carboxylic acids is 2. The van der Waals surface area contributed by atoms with Crippen LogP contribution in [0.25, 0.3) is 0 Å². The first-order valence-electron chi connectivity index (χ1n) is 16.6. The molecule has 1 saturated carbocycles. The Balaban J connectivity index is 1.62. The molecule has 1 aliphatic rings. The predicted octanol–water partition coefficient (Wildman–Crippen LogP) is 8.33. The summed E-state index contributed by atoms with van der Waals surface area (Å²) in [5.41, 5.74) is 1.43. The quantitative estimate of drug-likeness (QED) is 0.140. The molecule has 1 atom stereocenters. The lowest BCUT2D eigenvalue weighted by atomic mass is 9.94. The van der Waals surface area contributed by atoms with Gasteiger partial charge < -0.3 is 15.0 Å². The minimum atomic E-state index is -4.36. The fraction of sp³-hybridized carbons (Fsp3) is 0.316. The molecule has 1 aliphatic carbocycles. The van der Waals surface area contributed by atoms with Crippen LogP contribution in [-0.4, -0.2) is 50.4 Å². The Hall–Kier alpha value is -3.76. The third-order valence-electron chi connectivity index (χ3n) is 8.73. The largest absolute Gasteiger partial charge is 0.492 e. The summed E-state index contributed by atoms with van der Waals surface area (Å²) in [6, 6.07) is 25.7. The number of hydrogen-bond acceptors (Lipinski definition) is 5. The summed E-state index contributed by atoms with van der Waals surface area (Å²) >= 11 is 19.4. The van der Waals surface area contributed by atoms with Gasteiger partial charge in [0.05, 0.1) is 17.2 Å². The van der Waals surface area contributed by atoms with Crippen molar-refractivity contribution in [3.05, 3.63) is 123 Å². The zero-order chi connectivity index (χ0) is 35.7. The second-order valence-electron chi connectivity index (χ2n) is 12.1. The number of carbonyl (C=O) groups is 2. The van der Waals surface area contributed by atoms with Crippen LogP contribution in [-0.2, 0) is 32.6 Å². The van der Waals surface area contributed by atoms with Gasteiger partial charge in [0.2, 0.25) is 11.8 Å². The number of amides is 2. The Morgan fingerprint density at radius 3 is 2.14 bits per heavy atom. The van der Waals surface area contributed by atoms with Crippen LogP contribution in [0.15, 0.2) is 102 Å². The van der Waals surface area contributed by atoms with Crippen LogP contribution in [0.4, 0.5) is 5.69 Å². The summed E-state index contributed by atoms with van der Waals surface area (Å²) in [6.07, 6.45) is 4.97. The SMILES string of the molecule is CCOc1ccccc1N(CC(=O)N(Cc1c(Cl)cccc1Cl)[C@H](Cc1ccccc1)C(=O)NC1CCCCC1)S(=O)(=O)c1ccc(Cl)cc1. The van der Waals surface area contributed by atoms with E-state index in [1.807, 2.05) is 30.3 Å². The minimum Gasteiger partial charge on any atom is -0.492 e. The van der Waals surface area contributed by atoms with Crippen molar-refractivity contribution in [1.82, 2.24) is 10.2 Å². The monoisotopic (exact) mass is 755 g/mol. The third-order valence-corrected chi connectivity index (χ3v) is 11.5. The molecular weight excluding hydrogens is 717 g/mol. The number of para-hydroxylation sites is 2. The fourth-order valence-corrected chi connectivity index (χ4v) is 8.21. The van der Waals surface area contributed by atoms with Gasteiger partial charge in [-0.1, -0.05) is 103 Å². The molecule has 0 heterocycles. The highest BCUT2D eigenvalue weighted by molar-refractivity contribution is 7.92. The fourth-order valence-electron chi connectivity index (χ4n) is 6.14. The van der Waals surface area contributed by atoms with Gasteiger partial charge in [0.25, 0.3) is 10.0 Å². The third kappa shape index (κ3) is 9.31. The molecule has 0 spiro atoms. The second kappa shape index (κ2) is 17.4. The molecule has 0 aliphatic heterocycles. The van der Waals surface area contributed by atoms with E-state index >= 15 is 0 Å². The maximum atomic E-state index is 14.9. The van der Waals surface area contributed by atoms with Gasteiger partial charge >= 0.3 is 0 Å². The molecule has 8 nitrogen and oxygen atoms in total. The molecule has 2 amide bonds. The Morgan fingerprint density at radius 1 is 0.840 bits per heavy atom.